The summed E-state index contributed by atoms with van der Waals surface area (Å²) in [4.78, 5) is 0. The molecule has 0 spiro atoms. The van der Waals surface area contributed by atoms with Gasteiger partial charge < -0.3 is 24.8 Å². The summed E-state index contributed by atoms with van der Waals surface area (Å²) in [6.45, 7) is 4.54. The number of benzene rings is 1. The Morgan fingerprint density at radius 2 is 1.92 bits per heavy atom. The van der Waals surface area contributed by atoms with Crippen molar-refractivity contribution in [3.8, 4) is 0 Å². The molecule has 0 amide bonds. The number of fused-ring (bicyclic) bond motifs is 1. The maximum atomic E-state index is 4.49. The molecule has 1 aromatic carbocycles. The first-order valence-corrected chi connectivity index (χ1v) is 10.3. The summed E-state index contributed by atoms with van der Waals surface area (Å²) in [6.07, 6.45) is 9.85. The molecule has 1 atom stereocenters. The fourth-order valence-corrected chi connectivity index (χ4v) is 7.56. The van der Waals surface area contributed by atoms with Crippen LogP contribution in [-0.2, 0) is 23.2 Å². The number of rotatable bonds is 3. The van der Waals surface area contributed by atoms with Gasteiger partial charge in [-0.05, 0) is 0 Å². The standard InChI is InChI=1S/C12H9N2.C7H9.2ClH.Zr/c1-2-5-11-9-12(8-10(11)4-1)14-7-3-6-13-14;1-6-4-3-5-7(6)2;;;/h1-9H;4H,3H2,1-2H3;2*1H;/q;;;;+2/p-2. The second-order valence-electron chi connectivity index (χ2n) is 5.92. The first-order chi connectivity index (χ1) is 10.7. The summed E-state index contributed by atoms with van der Waals surface area (Å²) in [5.41, 5.74) is 7.27. The van der Waals surface area contributed by atoms with Crippen LogP contribution < -0.4 is 24.8 Å². The van der Waals surface area contributed by atoms with Crippen LogP contribution in [0.1, 0.15) is 35.0 Å². The molecule has 122 valence electrons. The molecule has 0 saturated heterocycles. The molecule has 1 aromatic heterocycles. The Bertz CT molecular complexity index is 820. The van der Waals surface area contributed by atoms with Gasteiger partial charge in [0, 0.05) is 0 Å². The van der Waals surface area contributed by atoms with Crippen LogP contribution in [0.5, 0.6) is 0 Å². The van der Waals surface area contributed by atoms with Crippen molar-refractivity contribution >= 4 is 11.8 Å². The van der Waals surface area contributed by atoms with E-state index in [1.54, 1.807) is 8.85 Å². The second kappa shape index (κ2) is 7.99. The Morgan fingerprint density at radius 1 is 1.12 bits per heavy atom. The zero-order chi connectivity index (χ0) is 15.1. The van der Waals surface area contributed by atoms with E-state index in [9.17, 15) is 0 Å². The Hall–Kier alpha value is -0.887. The first-order valence-electron chi connectivity index (χ1n) is 7.68. The molecule has 1 heterocycles. The van der Waals surface area contributed by atoms with Crippen molar-refractivity contribution in [2.24, 2.45) is 0 Å². The normalized spacial score (nSPS) is 18.2. The summed E-state index contributed by atoms with van der Waals surface area (Å²) in [7, 11) is 0. The van der Waals surface area contributed by atoms with Crippen molar-refractivity contribution in [2.45, 2.75) is 23.9 Å². The molecule has 2 nitrogen and oxygen atoms in total. The van der Waals surface area contributed by atoms with Gasteiger partial charge >= 0.3 is 143 Å². The van der Waals surface area contributed by atoms with Crippen molar-refractivity contribution in [1.29, 1.82) is 0 Å². The van der Waals surface area contributed by atoms with Crippen molar-refractivity contribution in [3.63, 3.8) is 0 Å². The predicted octanol–water partition coefficient (Wildman–Crippen LogP) is -1.35. The predicted molar refractivity (Wildman–Crippen MR) is 86.7 cm³/mol. The third-order valence-electron chi connectivity index (χ3n) is 4.65. The van der Waals surface area contributed by atoms with Gasteiger partial charge in [-0.1, -0.05) is 0 Å². The third kappa shape index (κ3) is 3.40. The first kappa shape index (κ1) is 19.4. The van der Waals surface area contributed by atoms with Crippen LogP contribution in [0.3, 0.4) is 0 Å². The summed E-state index contributed by atoms with van der Waals surface area (Å²) >= 11 is -0.727. The minimum Gasteiger partial charge on any atom is -1.00 e. The minimum absolute atomic E-state index is 0. The molecule has 0 N–H and O–H groups in total. The fraction of sp³-hybridized carbons (Fsp3) is 0.211. The number of halogens is 2. The van der Waals surface area contributed by atoms with Gasteiger partial charge in [0.05, 0.1) is 0 Å². The number of hydrogen-bond acceptors (Lipinski definition) is 1. The molecule has 0 fully saturated rings. The van der Waals surface area contributed by atoms with Crippen molar-refractivity contribution in [3.05, 3.63) is 74.4 Å². The monoisotopic (exact) mass is 434 g/mol. The van der Waals surface area contributed by atoms with E-state index < -0.39 is 23.2 Å². The zero-order valence-corrected chi connectivity index (χ0v) is 17.6. The average Bonchev–Trinajstić information content (AvgIpc) is 3.23. The molecular weight excluding hydrogens is 418 g/mol. The van der Waals surface area contributed by atoms with Gasteiger partial charge in [-0.3, -0.25) is 0 Å². The van der Waals surface area contributed by atoms with Gasteiger partial charge in [-0.2, -0.15) is 0 Å². The van der Waals surface area contributed by atoms with E-state index >= 15 is 0 Å². The summed E-state index contributed by atoms with van der Waals surface area (Å²) in [5.74, 6) is 0. The van der Waals surface area contributed by atoms with Crippen LogP contribution in [0.2, 0.25) is 0 Å². The Kier molecular flexibility index (Phi) is 6.48. The van der Waals surface area contributed by atoms with Gasteiger partial charge in [-0.25, -0.2) is 0 Å². The molecular formula is C19H18Cl2N2Zr. The molecule has 2 aliphatic carbocycles. The van der Waals surface area contributed by atoms with E-state index in [1.165, 1.54) is 28.8 Å². The average molecular weight is 436 g/mol. The van der Waals surface area contributed by atoms with Crippen LogP contribution >= 0.6 is 0 Å². The number of nitrogens with zero attached hydrogens (tertiary/aromatic N) is 2. The van der Waals surface area contributed by atoms with Gasteiger partial charge in [0.2, 0.25) is 0 Å². The fourth-order valence-electron chi connectivity index (χ4n) is 3.22. The zero-order valence-electron chi connectivity index (χ0n) is 13.6. The molecule has 24 heavy (non-hydrogen) atoms. The Morgan fingerprint density at radius 3 is 2.58 bits per heavy atom. The van der Waals surface area contributed by atoms with E-state index in [2.05, 4.69) is 66.2 Å². The molecule has 4 rings (SSSR count). The van der Waals surface area contributed by atoms with Gasteiger partial charge in [-0.15, -0.1) is 0 Å². The summed E-state index contributed by atoms with van der Waals surface area (Å²) in [5, 5.41) is 4.49. The van der Waals surface area contributed by atoms with Crippen LogP contribution in [0.15, 0.2) is 63.2 Å². The van der Waals surface area contributed by atoms with Gasteiger partial charge in [0.1, 0.15) is 0 Å². The molecule has 0 bridgehead atoms. The maximum Gasteiger partial charge on any atom is -1.00 e. The second-order valence-corrected chi connectivity index (χ2v) is 9.53. The number of aromatic nitrogens is 2. The number of hydrogen-bond donors (Lipinski definition) is 0. The quantitative estimate of drug-likeness (QED) is 0.582. The summed E-state index contributed by atoms with van der Waals surface area (Å²) in [6, 6.07) is 10.9. The Balaban J connectivity index is 0.00000104. The van der Waals surface area contributed by atoms with Crippen molar-refractivity contribution < 1.29 is 48.0 Å². The smallest absolute Gasteiger partial charge is 1.00 e. The van der Waals surface area contributed by atoms with Crippen LogP contribution in [0, 0.1) is 0 Å². The molecule has 2 aromatic rings. The van der Waals surface area contributed by atoms with E-state index in [1.807, 2.05) is 12.3 Å². The summed E-state index contributed by atoms with van der Waals surface area (Å²) < 4.78 is 4.38. The molecule has 2 aliphatic rings. The molecule has 0 aliphatic heterocycles. The SMILES string of the molecule is CC1=CC[C]([Zr+2][CH]2C(n3cccn3)=Cc3ccccc32)=C1C.[Cl-].[Cl-]. The molecule has 1 unspecified atom stereocenters. The van der Waals surface area contributed by atoms with Crippen LogP contribution in [-0.4, -0.2) is 9.78 Å². The van der Waals surface area contributed by atoms with Crippen LogP contribution in [0.25, 0.3) is 11.8 Å². The van der Waals surface area contributed by atoms with Gasteiger partial charge in [0.25, 0.3) is 0 Å². The van der Waals surface area contributed by atoms with E-state index in [-0.39, 0.29) is 24.8 Å². The maximum absolute atomic E-state index is 4.49. The topological polar surface area (TPSA) is 17.8 Å². The van der Waals surface area contributed by atoms with Crippen molar-refractivity contribution in [2.75, 3.05) is 0 Å². The van der Waals surface area contributed by atoms with E-state index in [4.69, 9.17) is 0 Å². The Labute approximate surface area is 167 Å². The van der Waals surface area contributed by atoms with E-state index in [0.717, 1.165) is 0 Å². The van der Waals surface area contributed by atoms with Crippen molar-refractivity contribution in [1.82, 2.24) is 9.78 Å². The molecule has 0 radical (unpaired) electrons. The molecule has 5 heteroatoms. The molecule has 0 saturated carbocycles. The number of allylic oxidation sites excluding steroid dienone is 5. The third-order valence-corrected chi connectivity index (χ3v) is 9.13. The largest absolute Gasteiger partial charge is 1.00 e. The van der Waals surface area contributed by atoms with Crippen LogP contribution in [0.4, 0.5) is 0 Å². The van der Waals surface area contributed by atoms with Gasteiger partial charge in [0.15, 0.2) is 0 Å². The minimum atomic E-state index is -0.727. The van der Waals surface area contributed by atoms with E-state index in [0.29, 0.717) is 3.63 Å².